The third-order valence-corrected chi connectivity index (χ3v) is 4.80. The van der Waals surface area contributed by atoms with Gasteiger partial charge in [0.2, 0.25) is 0 Å². The maximum Gasteiger partial charge on any atom is 0.0650 e. The number of aromatic nitrogens is 1. The van der Waals surface area contributed by atoms with E-state index in [4.69, 9.17) is 0 Å². The van der Waals surface area contributed by atoms with Crippen LogP contribution in [0.5, 0.6) is 0 Å². The summed E-state index contributed by atoms with van der Waals surface area (Å²) >= 11 is 0. The predicted octanol–water partition coefficient (Wildman–Crippen LogP) is 5.31. The van der Waals surface area contributed by atoms with Gasteiger partial charge in [0, 0.05) is 25.0 Å². The van der Waals surface area contributed by atoms with Crippen molar-refractivity contribution in [3.8, 4) is 0 Å². The van der Waals surface area contributed by atoms with Crippen LogP contribution in [0.1, 0.15) is 29.7 Å². The molecule has 120 valence electrons. The van der Waals surface area contributed by atoms with Crippen LogP contribution in [0, 0.1) is 6.92 Å². The molecule has 3 aromatic rings. The largest absolute Gasteiger partial charge is 0.371 e. The van der Waals surface area contributed by atoms with Crippen LogP contribution in [0.2, 0.25) is 0 Å². The average Bonchev–Trinajstić information content (AvgIpc) is 3.15. The van der Waals surface area contributed by atoms with Gasteiger partial charge in [-0.05, 0) is 53.8 Å². The number of anilines is 1. The second kappa shape index (κ2) is 6.48. The quantitative estimate of drug-likeness (QED) is 0.651. The number of nitrogens with zero attached hydrogens (tertiary/aromatic N) is 2. The van der Waals surface area contributed by atoms with Gasteiger partial charge in [0.05, 0.1) is 5.69 Å². The Hall–Kier alpha value is -2.61. The number of rotatable bonds is 3. The first-order valence-electron chi connectivity index (χ1n) is 8.69. The Morgan fingerprint density at radius 1 is 0.958 bits per heavy atom. The molecule has 2 heterocycles. The highest BCUT2D eigenvalue weighted by Crippen LogP contribution is 2.25. The summed E-state index contributed by atoms with van der Waals surface area (Å²) in [6, 6.07) is 17.2. The van der Waals surface area contributed by atoms with E-state index in [1.807, 2.05) is 6.20 Å². The second-order valence-corrected chi connectivity index (χ2v) is 6.49. The van der Waals surface area contributed by atoms with E-state index in [0.717, 1.165) is 18.8 Å². The van der Waals surface area contributed by atoms with E-state index in [-0.39, 0.29) is 0 Å². The summed E-state index contributed by atoms with van der Waals surface area (Å²) in [5.74, 6) is 0. The van der Waals surface area contributed by atoms with Gasteiger partial charge in [-0.15, -0.1) is 0 Å². The van der Waals surface area contributed by atoms with Gasteiger partial charge in [0.1, 0.15) is 0 Å². The van der Waals surface area contributed by atoms with Crippen molar-refractivity contribution in [2.24, 2.45) is 0 Å². The van der Waals surface area contributed by atoms with Crippen molar-refractivity contribution in [1.29, 1.82) is 0 Å². The number of fused-ring (bicyclic) bond motifs is 1. The van der Waals surface area contributed by atoms with Crippen molar-refractivity contribution in [3.63, 3.8) is 0 Å². The van der Waals surface area contributed by atoms with E-state index in [2.05, 4.69) is 77.5 Å². The highest BCUT2D eigenvalue weighted by molar-refractivity contribution is 5.92. The van der Waals surface area contributed by atoms with Crippen molar-refractivity contribution >= 4 is 28.6 Å². The average molecular weight is 314 g/mol. The minimum absolute atomic E-state index is 1.02. The molecule has 1 aliphatic rings. The number of aryl methyl sites for hydroxylation is 1. The molecule has 2 aromatic carbocycles. The van der Waals surface area contributed by atoms with Crippen LogP contribution in [0.3, 0.4) is 0 Å². The van der Waals surface area contributed by atoms with E-state index in [9.17, 15) is 0 Å². The molecule has 0 radical (unpaired) electrons. The Morgan fingerprint density at radius 2 is 1.75 bits per heavy atom. The van der Waals surface area contributed by atoms with Crippen LogP contribution in [-0.4, -0.2) is 18.1 Å². The van der Waals surface area contributed by atoms with E-state index in [1.165, 1.54) is 40.4 Å². The van der Waals surface area contributed by atoms with Crippen molar-refractivity contribution in [2.75, 3.05) is 18.0 Å². The molecule has 1 fully saturated rings. The van der Waals surface area contributed by atoms with Crippen LogP contribution in [-0.2, 0) is 0 Å². The molecule has 0 spiro atoms. The molecular weight excluding hydrogens is 292 g/mol. The Labute approximate surface area is 143 Å². The fourth-order valence-electron chi connectivity index (χ4n) is 3.49. The van der Waals surface area contributed by atoms with Gasteiger partial charge in [-0.25, -0.2) is 0 Å². The third kappa shape index (κ3) is 2.92. The lowest BCUT2D eigenvalue weighted by molar-refractivity contribution is 0.949. The summed E-state index contributed by atoms with van der Waals surface area (Å²) in [5, 5.41) is 2.55. The van der Waals surface area contributed by atoms with Gasteiger partial charge in [-0.1, -0.05) is 48.5 Å². The number of hydrogen-bond acceptors (Lipinski definition) is 2. The zero-order chi connectivity index (χ0) is 16.4. The Morgan fingerprint density at radius 3 is 2.62 bits per heavy atom. The van der Waals surface area contributed by atoms with Crippen molar-refractivity contribution < 1.29 is 0 Å². The molecule has 1 aromatic heterocycles. The minimum Gasteiger partial charge on any atom is -0.371 e. The van der Waals surface area contributed by atoms with Crippen molar-refractivity contribution in [3.05, 3.63) is 71.5 Å². The van der Waals surface area contributed by atoms with E-state index in [1.54, 1.807) is 0 Å². The second-order valence-electron chi connectivity index (χ2n) is 6.49. The lowest BCUT2D eigenvalue weighted by Gasteiger charge is -2.20. The van der Waals surface area contributed by atoms with Gasteiger partial charge in [-0.2, -0.15) is 0 Å². The molecule has 0 atom stereocenters. The predicted molar refractivity (Wildman–Crippen MR) is 103 cm³/mol. The summed E-state index contributed by atoms with van der Waals surface area (Å²) in [5.41, 5.74) is 4.85. The lowest BCUT2D eigenvalue weighted by atomic mass is 10.0. The number of pyridine rings is 1. The first-order valence-corrected chi connectivity index (χ1v) is 8.69. The zero-order valence-electron chi connectivity index (χ0n) is 14.1. The molecule has 0 N–H and O–H groups in total. The molecule has 1 saturated heterocycles. The van der Waals surface area contributed by atoms with Gasteiger partial charge in [0.25, 0.3) is 0 Å². The smallest absolute Gasteiger partial charge is 0.0650 e. The Kier molecular flexibility index (Phi) is 4.04. The maximum atomic E-state index is 4.59. The molecule has 1 aliphatic heterocycles. The molecule has 4 rings (SSSR count). The standard InChI is InChI=1S/C22H22N2/c1-17-16-23-20(15-22(17)24-13-4-5-14-24)12-11-19-9-6-8-18-7-2-3-10-21(18)19/h2-3,6-12,15-16H,4-5,13-14H2,1H3/b12-11+. The van der Waals surface area contributed by atoms with Crippen LogP contribution in [0.15, 0.2) is 54.7 Å². The minimum atomic E-state index is 1.02. The first kappa shape index (κ1) is 14.9. The van der Waals surface area contributed by atoms with Crippen LogP contribution >= 0.6 is 0 Å². The van der Waals surface area contributed by atoms with E-state index >= 15 is 0 Å². The van der Waals surface area contributed by atoms with Crippen LogP contribution in [0.4, 0.5) is 5.69 Å². The molecule has 0 saturated carbocycles. The summed E-state index contributed by atoms with van der Waals surface area (Å²) in [6.07, 6.45) is 8.89. The molecule has 0 bridgehead atoms. The van der Waals surface area contributed by atoms with E-state index in [0.29, 0.717) is 0 Å². The molecule has 2 heteroatoms. The SMILES string of the molecule is Cc1cnc(/C=C/c2cccc3ccccc23)cc1N1CCCC1. The van der Waals surface area contributed by atoms with Gasteiger partial charge in [-0.3, -0.25) is 4.98 Å². The highest BCUT2D eigenvalue weighted by Gasteiger charge is 2.14. The summed E-state index contributed by atoms with van der Waals surface area (Å²) in [7, 11) is 0. The Balaban J connectivity index is 1.67. The van der Waals surface area contributed by atoms with Gasteiger partial charge >= 0.3 is 0 Å². The fraction of sp³-hybridized carbons (Fsp3) is 0.227. The third-order valence-electron chi connectivity index (χ3n) is 4.80. The van der Waals surface area contributed by atoms with Crippen LogP contribution in [0.25, 0.3) is 22.9 Å². The molecule has 0 aliphatic carbocycles. The molecular formula is C22H22N2. The summed E-state index contributed by atoms with van der Waals surface area (Å²) in [4.78, 5) is 7.07. The van der Waals surface area contributed by atoms with E-state index < -0.39 is 0 Å². The lowest BCUT2D eigenvalue weighted by Crippen LogP contribution is -2.18. The topological polar surface area (TPSA) is 16.1 Å². The normalized spacial score (nSPS) is 14.8. The molecule has 2 nitrogen and oxygen atoms in total. The monoisotopic (exact) mass is 314 g/mol. The zero-order valence-corrected chi connectivity index (χ0v) is 14.1. The van der Waals surface area contributed by atoms with Crippen molar-refractivity contribution in [1.82, 2.24) is 4.98 Å². The molecule has 24 heavy (non-hydrogen) atoms. The summed E-state index contributed by atoms with van der Waals surface area (Å²) < 4.78 is 0. The van der Waals surface area contributed by atoms with Crippen LogP contribution < -0.4 is 4.90 Å². The molecule has 0 amide bonds. The maximum absolute atomic E-state index is 4.59. The Bertz CT molecular complexity index is 884. The van der Waals surface area contributed by atoms with Crippen molar-refractivity contribution in [2.45, 2.75) is 19.8 Å². The summed E-state index contributed by atoms with van der Waals surface area (Å²) in [6.45, 7) is 4.48. The number of hydrogen-bond donors (Lipinski definition) is 0. The first-order chi connectivity index (χ1) is 11.8. The molecule has 0 unspecified atom stereocenters. The van der Waals surface area contributed by atoms with Gasteiger partial charge < -0.3 is 4.90 Å². The number of benzene rings is 2. The fourth-order valence-corrected chi connectivity index (χ4v) is 3.49. The highest BCUT2D eigenvalue weighted by atomic mass is 15.1. The van der Waals surface area contributed by atoms with Gasteiger partial charge in [0.15, 0.2) is 0 Å².